The first kappa shape index (κ1) is 19.3. The number of nitro groups is 1. The Balaban J connectivity index is 0.00000400. The standard InChI is InChI=1S/C14H21N3O3.ClH/c1-4-10(2)13(15)14(18)16(3)9-11-7-5-6-8-12(11)17(19)20;/h5-8,10,13H,4,9,15H2,1-3H3;1H. The highest BCUT2D eigenvalue weighted by molar-refractivity contribution is 5.85. The molecule has 118 valence electrons. The summed E-state index contributed by atoms with van der Waals surface area (Å²) in [6.45, 7) is 4.07. The third-order valence-electron chi connectivity index (χ3n) is 3.51. The first-order chi connectivity index (χ1) is 9.38. The molecule has 2 unspecified atom stereocenters. The molecule has 1 aromatic rings. The highest BCUT2D eigenvalue weighted by Crippen LogP contribution is 2.19. The lowest BCUT2D eigenvalue weighted by atomic mass is 9.99. The van der Waals surface area contributed by atoms with Crippen molar-refractivity contribution in [3.8, 4) is 0 Å². The van der Waals surface area contributed by atoms with E-state index >= 15 is 0 Å². The van der Waals surface area contributed by atoms with E-state index in [9.17, 15) is 14.9 Å². The lowest BCUT2D eigenvalue weighted by Gasteiger charge is -2.24. The van der Waals surface area contributed by atoms with Crippen LogP contribution in [0.4, 0.5) is 5.69 Å². The Bertz CT molecular complexity index is 496. The van der Waals surface area contributed by atoms with Crippen molar-refractivity contribution in [2.75, 3.05) is 7.05 Å². The molecule has 0 spiro atoms. The third kappa shape index (κ3) is 4.99. The molecular weight excluding hydrogens is 294 g/mol. The minimum Gasteiger partial charge on any atom is -0.340 e. The molecule has 21 heavy (non-hydrogen) atoms. The van der Waals surface area contributed by atoms with Crippen molar-refractivity contribution in [1.82, 2.24) is 4.90 Å². The molecule has 0 bridgehead atoms. The van der Waals surface area contributed by atoms with Gasteiger partial charge in [-0.15, -0.1) is 12.4 Å². The van der Waals surface area contributed by atoms with Crippen molar-refractivity contribution in [1.29, 1.82) is 0 Å². The number of nitrogens with two attached hydrogens (primary N) is 1. The van der Waals surface area contributed by atoms with Crippen LogP contribution >= 0.6 is 12.4 Å². The monoisotopic (exact) mass is 315 g/mol. The van der Waals surface area contributed by atoms with Crippen LogP contribution in [-0.4, -0.2) is 28.8 Å². The number of halogens is 1. The van der Waals surface area contributed by atoms with Crippen LogP contribution in [0.25, 0.3) is 0 Å². The molecule has 6 nitrogen and oxygen atoms in total. The molecule has 0 radical (unpaired) electrons. The maximum atomic E-state index is 12.2. The maximum Gasteiger partial charge on any atom is 0.274 e. The van der Waals surface area contributed by atoms with Gasteiger partial charge in [-0.3, -0.25) is 14.9 Å². The molecule has 0 aliphatic rings. The van der Waals surface area contributed by atoms with Gasteiger partial charge in [0.25, 0.3) is 5.69 Å². The molecule has 1 amide bonds. The molecule has 2 atom stereocenters. The molecule has 7 heteroatoms. The number of nitro benzene ring substituents is 1. The van der Waals surface area contributed by atoms with Crippen LogP contribution in [0.3, 0.4) is 0 Å². The summed E-state index contributed by atoms with van der Waals surface area (Å²) in [6, 6.07) is 5.83. The number of nitrogens with zero attached hydrogens (tertiary/aromatic N) is 2. The molecule has 1 aromatic carbocycles. The minimum atomic E-state index is -0.576. The highest BCUT2D eigenvalue weighted by Gasteiger charge is 2.24. The summed E-state index contributed by atoms with van der Waals surface area (Å²) in [7, 11) is 1.61. The Morgan fingerprint density at radius 3 is 2.52 bits per heavy atom. The summed E-state index contributed by atoms with van der Waals surface area (Å²) >= 11 is 0. The van der Waals surface area contributed by atoms with E-state index < -0.39 is 11.0 Å². The molecule has 0 saturated heterocycles. The van der Waals surface area contributed by atoms with Gasteiger partial charge >= 0.3 is 0 Å². The van der Waals surface area contributed by atoms with Gasteiger partial charge in [-0.2, -0.15) is 0 Å². The van der Waals surface area contributed by atoms with Gasteiger partial charge < -0.3 is 10.6 Å². The van der Waals surface area contributed by atoms with Crippen LogP contribution in [0, 0.1) is 16.0 Å². The normalized spacial score (nSPS) is 13.0. The number of likely N-dealkylation sites (N-methyl/N-ethyl adjacent to an activating group) is 1. The Hall–Kier alpha value is -1.66. The number of para-hydroxylation sites is 1. The van der Waals surface area contributed by atoms with Crippen molar-refractivity contribution in [3.63, 3.8) is 0 Å². The molecule has 0 saturated carbocycles. The van der Waals surface area contributed by atoms with Gasteiger partial charge in [0, 0.05) is 18.7 Å². The lowest BCUT2D eigenvalue weighted by Crippen LogP contribution is -2.45. The van der Waals surface area contributed by atoms with Gasteiger partial charge in [-0.25, -0.2) is 0 Å². The van der Waals surface area contributed by atoms with E-state index in [0.717, 1.165) is 6.42 Å². The van der Waals surface area contributed by atoms with Crippen LogP contribution in [0.15, 0.2) is 24.3 Å². The first-order valence-electron chi connectivity index (χ1n) is 6.61. The Morgan fingerprint density at radius 1 is 1.43 bits per heavy atom. The zero-order valence-electron chi connectivity index (χ0n) is 12.5. The quantitative estimate of drug-likeness (QED) is 0.644. The van der Waals surface area contributed by atoms with E-state index in [4.69, 9.17) is 5.73 Å². The zero-order chi connectivity index (χ0) is 15.3. The van der Waals surface area contributed by atoms with Crippen molar-refractivity contribution >= 4 is 24.0 Å². The average Bonchev–Trinajstić information content (AvgIpc) is 2.45. The highest BCUT2D eigenvalue weighted by atomic mass is 35.5. The zero-order valence-corrected chi connectivity index (χ0v) is 13.3. The summed E-state index contributed by atoms with van der Waals surface area (Å²) in [4.78, 5) is 24.1. The van der Waals surface area contributed by atoms with E-state index in [1.807, 2.05) is 13.8 Å². The topological polar surface area (TPSA) is 89.5 Å². The second-order valence-corrected chi connectivity index (χ2v) is 4.99. The Morgan fingerprint density at radius 2 is 2.00 bits per heavy atom. The first-order valence-corrected chi connectivity index (χ1v) is 6.61. The molecule has 1 rings (SSSR count). The summed E-state index contributed by atoms with van der Waals surface area (Å²) in [5, 5.41) is 10.9. The molecule has 2 N–H and O–H groups in total. The summed E-state index contributed by atoms with van der Waals surface area (Å²) in [5.74, 6) is -0.117. The molecule has 0 heterocycles. The predicted molar refractivity (Wildman–Crippen MR) is 84.2 cm³/mol. The van der Waals surface area contributed by atoms with Gasteiger partial charge in [-0.1, -0.05) is 38.5 Å². The van der Waals surface area contributed by atoms with Crippen LogP contribution in [-0.2, 0) is 11.3 Å². The maximum absolute atomic E-state index is 12.2. The molecule has 0 aliphatic heterocycles. The largest absolute Gasteiger partial charge is 0.340 e. The van der Waals surface area contributed by atoms with E-state index in [1.54, 1.807) is 25.2 Å². The van der Waals surface area contributed by atoms with Crippen molar-refractivity contribution in [3.05, 3.63) is 39.9 Å². The van der Waals surface area contributed by atoms with Gasteiger partial charge in [-0.05, 0) is 5.92 Å². The summed E-state index contributed by atoms with van der Waals surface area (Å²) in [6.07, 6.45) is 0.812. The number of amides is 1. The van der Waals surface area contributed by atoms with Crippen molar-refractivity contribution in [2.24, 2.45) is 11.7 Å². The van der Waals surface area contributed by atoms with E-state index in [1.165, 1.54) is 11.0 Å². The third-order valence-corrected chi connectivity index (χ3v) is 3.51. The number of carbonyl (C=O) groups excluding carboxylic acids is 1. The number of carbonyl (C=O) groups is 1. The van der Waals surface area contributed by atoms with Crippen molar-refractivity contribution < 1.29 is 9.72 Å². The number of benzene rings is 1. The minimum absolute atomic E-state index is 0. The number of rotatable bonds is 6. The fraction of sp³-hybridized carbons (Fsp3) is 0.500. The van der Waals surface area contributed by atoms with E-state index in [2.05, 4.69) is 0 Å². The van der Waals surface area contributed by atoms with Gasteiger partial charge in [0.1, 0.15) is 0 Å². The van der Waals surface area contributed by atoms with Crippen LogP contribution < -0.4 is 5.73 Å². The smallest absolute Gasteiger partial charge is 0.274 e. The van der Waals surface area contributed by atoms with Crippen LogP contribution in [0.2, 0.25) is 0 Å². The van der Waals surface area contributed by atoms with Gasteiger partial charge in [0.05, 0.1) is 17.5 Å². The van der Waals surface area contributed by atoms with Crippen molar-refractivity contribution in [2.45, 2.75) is 32.9 Å². The summed E-state index contributed by atoms with van der Waals surface area (Å²) in [5.41, 5.74) is 6.42. The Labute approximate surface area is 130 Å². The van der Waals surface area contributed by atoms with E-state index in [0.29, 0.717) is 5.56 Å². The Kier molecular flexibility index (Phi) is 7.91. The van der Waals surface area contributed by atoms with Gasteiger partial charge in [0.2, 0.25) is 5.91 Å². The van der Waals surface area contributed by atoms with Crippen LogP contribution in [0.1, 0.15) is 25.8 Å². The second kappa shape index (κ2) is 8.59. The second-order valence-electron chi connectivity index (χ2n) is 4.99. The number of hydrogen-bond donors (Lipinski definition) is 1. The van der Waals surface area contributed by atoms with Crippen LogP contribution in [0.5, 0.6) is 0 Å². The number of hydrogen-bond acceptors (Lipinski definition) is 4. The predicted octanol–water partition coefficient (Wildman–Crippen LogP) is 2.35. The molecule has 0 aliphatic carbocycles. The molecule has 0 fully saturated rings. The SMILES string of the molecule is CCC(C)C(N)C(=O)N(C)Cc1ccccc1[N+](=O)[O-].Cl. The van der Waals surface area contributed by atoms with Gasteiger partial charge in [0.15, 0.2) is 0 Å². The summed E-state index contributed by atoms with van der Waals surface area (Å²) < 4.78 is 0. The average molecular weight is 316 g/mol. The fourth-order valence-electron chi connectivity index (χ4n) is 1.91. The molecule has 0 aromatic heterocycles. The molecular formula is C14H22ClN3O3. The lowest BCUT2D eigenvalue weighted by molar-refractivity contribution is -0.385. The fourth-order valence-corrected chi connectivity index (χ4v) is 1.91. The van der Waals surface area contributed by atoms with E-state index in [-0.39, 0.29) is 36.5 Å².